The van der Waals surface area contributed by atoms with Crippen LogP contribution in [-0.2, 0) is 6.54 Å². The van der Waals surface area contributed by atoms with Gasteiger partial charge in [0.05, 0.1) is 21.6 Å². The average Bonchev–Trinajstić information content (AvgIpc) is 2.55. The fraction of sp³-hybridized carbons (Fsp3) is 0.0667. The van der Waals surface area contributed by atoms with Crippen molar-refractivity contribution in [1.82, 2.24) is 9.97 Å². The van der Waals surface area contributed by atoms with Gasteiger partial charge in [0.15, 0.2) is 0 Å². The third kappa shape index (κ3) is 2.86. The lowest BCUT2D eigenvalue weighted by Gasteiger charge is -2.10. The minimum atomic E-state index is -0.906. The smallest absolute Gasteiger partial charge is 0.314 e. The molecule has 2 aromatic carbocycles. The lowest BCUT2D eigenvalue weighted by molar-refractivity contribution is -0.384. The Balaban J connectivity index is 2.09. The third-order valence-corrected chi connectivity index (χ3v) is 3.45. The number of fused-ring (bicyclic) bond motifs is 1. The van der Waals surface area contributed by atoms with Gasteiger partial charge in [-0.25, -0.2) is 4.39 Å². The zero-order chi connectivity index (χ0) is 17.3. The van der Waals surface area contributed by atoms with Gasteiger partial charge in [0.25, 0.3) is 5.69 Å². The highest BCUT2D eigenvalue weighted by Crippen LogP contribution is 2.23. The fourth-order valence-electron chi connectivity index (χ4n) is 2.32. The highest BCUT2D eigenvalue weighted by molar-refractivity contribution is 5.80. The van der Waals surface area contributed by atoms with Crippen molar-refractivity contribution in [2.24, 2.45) is 0 Å². The number of nitro benzene ring substituents is 1. The molecule has 1 heterocycles. The molecular weight excluding hydrogens is 319 g/mol. The van der Waals surface area contributed by atoms with Gasteiger partial charge in [-0.05, 0) is 12.1 Å². The van der Waals surface area contributed by atoms with Crippen LogP contribution in [0.5, 0.6) is 0 Å². The first-order chi connectivity index (χ1) is 11.5. The Bertz CT molecular complexity index is 1060. The van der Waals surface area contributed by atoms with Crippen molar-refractivity contribution in [3.05, 3.63) is 78.6 Å². The van der Waals surface area contributed by atoms with Crippen molar-refractivity contribution < 1.29 is 9.31 Å². The molecule has 0 saturated heterocycles. The standard InChI is InChI=1S/C15H11FN4O4/c16-10-3-1-2-4-11(10)17-7-8-5-9(20(23)24)6-12-13(8)19-15(22)14(21)18-12/h1-6,17H,7H2,(H,18,21)(H,19,22). The molecule has 0 aliphatic carbocycles. The van der Waals surface area contributed by atoms with Gasteiger partial charge in [-0.2, -0.15) is 0 Å². The molecule has 0 spiro atoms. The van der Waals surface area contributed by atoms with E-state index >= 15 is 0 Å². The minimum absolute atomic E-state index is 0.0150. The van der Waals surface area contributed by atoms with E-state index in [1.54, 1.807) is 6.07 Å². The Morgan fingerprint density at radius 1 is 1.12 bits per heavy atom. The second-order valence-corrected chi connectivity index (χ2v) is 5.03. The van der Waals surface area contributed by atoms with E-state index in [1.165, 1.54) is 24.3 Å². The molecule has 0 atom stereocenters. The maximum absolute atomic E-state index is 13.7. The molecule has 0 aliphatic rings. The third-order valence-electron chi connectivity index (χ3n) is 3.45. The molecule has 122 valence electrons. The molecule has 0 fully saturated rings. The number of benzene rings is 2. The molecule has 0 bridgehead atoms. The molecule has 0 amide bonds. The van der Waals surface area contributed by atoms with E-state index in [2.05, 4.69) is 15.3 Å². The van der Waals surface area contributed by atoms with Crippen molar-refractivity contribution in [2.75, 3.05) is 5.32 Å². The number of hydrogen-bond donors (Lipinski definition) is 3. The number of non-ortho nitro benzene ring substituents is 1. The van der Waals surface area contributed by atoms with Crippen LogP contribution < -0.4 is 16.4 Å². The van der Waals surface area contributed by atoms with E-state index in [1.807, 2.05) is 0 Å². The number of para-hydroxylation sites is 1. The number of hydrogen-bond acceptors (Lipinski definition) is 5. The molecule has 3 N–H and O–H groups in total. The van der Waals surface area contributed by atoms with Gasteiger partial charge in [0.1, 0.15) is 5.82 Å². The number of anilines is 1. The van der Waals surface area contributed by atoms with Crippen LogP contribution in [0, 0.1) is 15.9 Å². The number of halogens is 1. The summed E-state index contributed by atoms with van der Waals surface area (Å²) in [6.07, 6.45) is 0. The number of aromatic nitrogens is 2. The predicted octanol–water partition coefficient (Wildman–Crippen LogP) is 1.88. The molecule has 0 saturated carbocycles. The summed E-state index contributed by atoms with van der Waals surface area (Å²) in [5.74, 6) is -0.478. The second kappa shape index (κ2) is 5.95. The number of H-pyrrole nitrogens is 2. The molecule has 3 rings (SSSR count). The molecule has 0 radical (unpaired) electrons. The topological polar surface area (TPSA) is 121 Å². The van der Waals surface area contributed by atoms with E-state index in [4.69, 9.17) is 0 Å². The Morgan fingerprint density at radius 2 is 1.83 bits per heavy atom. The van der Waals surface area contributed by atoms with Crippen molar-refractivity contribution >= 4 is 22.4 Å². The Morgan fingerprint density at radius 3 is 2.54 bits per heavy atom. The first-order valence-corrected chi connectivity index (χ1v) is 6.88. The SMILES string of the molecule is O=c1[nH]c2cc([N+](=O)[O-])cc(CNc3ccccc3F)c2[nH]c1=O. The number of aromatic amines is 2. The van der Waals surface area contributed by atoms with E-state index in [9.17, 15) is 24.1 Å². The van der Waals surface area contributed by atoms with Crippen LogP contribution in [0.15, 0.2) is 46.0 Å². The quantitative estimate of drug-likeness (QED) is 0.383. The van der Waals surface area contributed by atoms with Crippen LogP contribution >= 0.6 is 0 Å². The summed E-state index contributed by atoms with van der Waals surface area (Å²) in [6, 6.07) is 8.36. The monoisotopic (exact) mass is 330 g/mol. The van der Waals surface area contributed by atoms with Crippen molar-refractivity contribution in [1.29, 1.82) is 0 Å². The molecular formula is C15H11FN4O4. The van der Waals surface area contributed by atoms with E-state index < -0.39 is 21.9 Å². The first-order valence-electron chi connectivity index (χ1n) is 6.88. The number of nitrogens with one attached hydrogen (secondary N) is 3. The summed E-state index contributed by atoms with van der Waals surface area (Å²) in [5, 5.41) is 13.8. The molecule has 24 heavy (non-hydrogen) atoms. The highest BCUT2D eigenvalue weighted by Gasteiger charge is 2.14. The van der Waals surface area contributed by atoms with Crippen molar-refractivity contribution in [2.45, 2.75) is 6.54 Å². The summed E-state index contributed by atoms with van der Waals surface area (Å²) in [7, 11) is 0. The summed E-state index contributed by atoms with van der Waals surface area (Å²) < 4.78 is 13.7. The van der Waals surface area contributed by atoms with Gasteiger partial charge in [-0.1, -0.05) is 12.1 Å². The second-order valence-electron chi connectivity index (χ2n) is 5.03. The Hall–Kier alpha value is -3.49. The maximum Gasteiger partial charge on any atom is 0.314 e. The molecule has 8 nitrogen and oxygen atoms in total. The van der Waals surface area contributed by atoms with Crippen LogP contribution in [0.4, 0.5) is 15.8 Å². The lowest BCUT2D eigenvalue weighted by atomic mass is 10.1. The van der Waals surface area contributed by atoms with E-state index in [-0.39, 0.29) is 29.0 Å². The zero-order valence-corrected chi connectivity index (χ0v) is 12.1. The number of nitro groups is 1. The lowest BCUT2D eigenvalue weighted by Crippen LogP contribution is -2.29. The predicted molar refractivity (Wildman–Crippen MR) is 85.6 cm³/mol. The molecule has 1 aromatic heterocycles. The zero-order valence-electron chi connectivity index (χ0n) is 12.1. The number of rotatable bonds is 4. The van der Waals surface area contributed by atoms with Gasteiger partial charge in [0.2, 0.25) is 0 Å². The van der Waals surface area contributed by atoms with Gasteiger partial charge < -0.3 is 15.3 Å². The Labute approximate surface area is 133 Å². The van der Waals surface area contributed by atoms with Gasteiger partial charge in [-0.3, -0.25) is 19.7 Å². The van der Waals surface area contributed by atoms with Crippen LogP contribution in [0.1, 0.15) is 5.56 Å². The largest absolute Gasteiger partial charge is 0.379 e. The molecule has 0 unspecified atom stereocenters. The summed E-state index contributed by atoms with van der Waals surface area (Å²) in [6.45, 7) is 0.0150. The minimum Gasteiger partial charge on any atom is -0.379 e. The summed E-state index contributed by atoms with van der Waals surface area (Å²) >= 11 is 0. The van der Waals surface area contributed by atoms with Crippen LogP contribution in [-0.4, -0.2) is 14.9 Å². The summed E-state index contributed by atoms with van der Waals surface area (Å²) in [4.78, 5) is 38.0. The van der Waals surface area contributed by atoms with Gasteiger partial charge in [0, 0.05) is 24.2 Å². The molecule has 9 heteroatoms. The Kier molecular flexibility index (Phi) is 3.82. The van der Waals surface area contributed by atoms with E-state index in [0.717, 1.165) is 6.07 Å². The number of nitrogens with zero attached hydrogens (tertiary/aromatic N) is 1. The first kappa shape index (κ1) is 15.4. The van der Waals surface area contributed by atoms with E-state index in [0.29, 0.717) is 5.56 Å². The highest BCUT2D eigenvalue weighted by atomic mass is 19.1. The van der Waals surface area contributed by atoms with Crippen molar-refractivity contribution in [3.8, 4) is 0 Å². The normalized spacial score (nSPS) is 10.7. The maximum atomic E-state index is 13.7. The van der Waals surface area contributed by atoms with Crippen LogP contribution in [0.25, 0.3) is 11.0 Å². The van der Waals surface area contributed by atoms with Gasteiger partial charge >= 0.3 is 11.1 Å². The summed E-state index contributed by atoms with van der Waals surface area (Å²) in [5.41, 5.74) is -1.11. The average molecular weight is 330 g/mol. The van der Waals surface area contributed by atoms with Crippen LogP contribution in [0.2, 0.25) is 0 Å². The molecule has 0 aliphatic heterocycles. The fourth-order valence-corrected chi connectivity index (χ4v) is 2.32. The van der Waals surface area contributed by atoms with Gasteiger partial charge in [-0.15, -0.1) is 0 Å². The van der Waals surface area contributed by atoms with Crippen LogP contribution in [0.3, 0.4) is 0 Å². The van der Waals surface area contributed by atoms with Crippen molar-refractivity contribution in [3.63, 3.8) is 0 Å². The molecule has 3 aromatic rings.